The van der Waals surface area contributed by atoms with Crippen molar-refractivity contribution in [1.29, 1.82) is 0 Å². The number of cyclic esters (lactones) is 1. The molecule has 0 radical (unpaired) electrons. The first-order valence-electron chi connectivity index (χ1n) is 7.00. The third-order valence-electron chi connectivity index (χ3n) is 3.47. The Hall–Kier alpha value is -2.59. The zero-order chi connectivity index (χ0) is 16.4. The summed E-state index contributed by atoms with van der Waals surface area (Å²) in [6, 6.07) is 12.8. The molecule has 0 amide bonds. The second-order valence-corrected chi connectivity index (χ2v) is 5.45. The van der Waals surface area contributed by atoms with Crippen LogP contribution < -0.4 is 4.74 Å². The molecule has 0 fully saturated rings. The highest BCUT2D eigenvalue weighted by Crippen LogP contribution is 2.25. The largest absolute Gasteiger partial charge is 0.496 e. The van der Waals surface area contributed by atoms with Gasteiger partial charge in [0.1, 0.15) is 5.75 Å². The van der Waals surface area contributed by atoms with Gasteiger partial charge in [0.25, 0.3) is 0 Å². The molecule has 2 aromatic rings. The van der Waals surface area contributed by atoms with E-state index in [1.807, 2.05) is 43.3 Å². The third-order valence-corrected chi connectivity index (χ3v) is 3.88. The summed E-state index contributed by atoms with van der Waals surface area (Å²) in [4.78, 5) is 16.3. The van der Waals surface area contributed by atoms with Gasteiger partial charge in [-0.3, -0.25) is 0 Å². The van der Waals surface area contributed by atoms with Crippen molar-refractivity contribution < 1.29 is 14.3 Å². The lowest BCUT2D eigenvalue weighted by atomic mass is 10.1. The van der Waals surface area contributed by atoms with Crippen LogP contribution in [0.1, 0.15) is 16.7 Å². The summed E-state index contributed by atoms with van der Waals surface area (Å²) in [5.74, 6) is 0.412. The summed E-state index contributed by atoms with van der Waals surface area (Å²) in [6.07, 6.45) is 1.64. The standard InChI is InChI=1S/C18H14ClNO3/c1-11-7-8-13(9-14(11)19)17-20-15(18(21)23-17)10-12-5-3-4-6-16(12)22-2/h3-10H,1-2H3/b15-10-. The summed E-state index contributed by atoms with van der Waals surface area (Å²) in [5.41, 5.74) is 2.59. The second kappa shape index (κ2) is 6.26. The number of methoxy groups -OCH3 is 1. The fourth-order valence-corrected chi connectivity index (χ4v) is 2.37. The van der Waals surface area contributed by atoms with Gasteiger partial charge in [0.2, 0.25) is 5.90 Å². The van der Waals surface area contributed by atoms with E-state index < -0.39 is 5.97 Å². The molecular weight excluding hydrogens is 314 g/mol. The number of esters is 1. The van der Waals surface area contributed by atoms with Gasteiger partial charge in [-0.2, -0.15) is 0 Å². The molecule has 0 aromatic heterocycles. The molecular formula is C18H14ClNO3. The Labute approximate surface area is 139 Å². The highest BCUT2D eigenvalue weighted by atomic mass is 35.5. The van der Waals surface area contributed by atoms with Crippen molar-refractivity contribution in [2.24, 2.45) is 4.99 Å². The molecule has 116 valence electrons. The van der Waals surface area contributed by atoms with E-state index in [0.717, 1.165) is 11.1 Å². The van der Waals surface area contributed by atoms with Gasteiger partial charge in [-0.25, -0.2) is 9.79 Å². The quantitative estimate of drug-likeness (QED) is 0.632. The second-order valence-electron chi connectivity index (χ2n) is 5.04. The van der Waals surface area contributed by atoms with E-state index in [9.17, 15) is 4.79 Å². The van der Waals surface area contributed by atoms with Crippen LogP contribution in [-0.4, -0.2) is 19.0 Å². The van der Waals surface area contributed by atoms with E-state index in [0.29, 0.717) is 16.3 Å². The smallest absolute Gasteiger partial charge is 0.363 e. The highest BCUT2D eigenvalue weighted by molar-refractivity contribution is 6.31. The molecule has 0 saturated heterocycles. The number of halogens is 1. The summed E-state index contributed by atoms with van der Waals surface area (Å²) in [5, 5.41) is 0.600. The Bertz CT molecular complexity index is 840. The molecule has 0 N–H and O–H groups in total. The van der Waals surface area contributed by atoms with Crippen molar-refractivity contribution in [1.82, 2.24) is 0 Å². The maximum Gasteiger partial charge on any atom is 0.363 e. The van der Waals surface area contributed by atoms with Gasteiger partial charge in [0.15, 0.2) is 5.70 Å². The lowest BCUT2D eigenvalue weighted by molar-refractivity contribution is -0.129. The van der Waals surface area contributed by atoms with Gasteiger partial charge >= 0.3 is 5.97 Å². The number of carbonyl (C=O) groups is 1. The maximum atomic E-state index is 12.0. The number of ether oxygens (including phenoxy) is 2. The monoisotopic (exact) mass is 327 g/mol. The predicted octanol–water partition coefficient (Wildman–Crippen LogP) is 4.00. The highest BCUT2D eigenvalue weighted by Gasteiger charge is 2.24. The zero-order valence-corrected chi connectivity index (χ0v) is 13.4. The third kappa shape index (κ3) is 3.12. The van der Waals surface area contributed by atoms with Crippen molar-refractivity contribution in [2.75, 3.05) is 7.11 Å². The summed E-state index contributed by atoms with van der Waals surface area (Å²) in [7, 11) is 1.58. The van der Waals surface area contributed by atoms with Crippen molar-refractivity contribution in [2.45, 2.75) is 6.92 Å². The van der Waals surface area contributed by atoms with E-state index in [2.05, 4.69) is 4.99 Å². The van der Waals surface area contributed by atoms with Gasteiger partial charge in [-0.05, 0) is 36.8 Å². The molecule has 1 aliphatic heterocycles. The molecule has 1 heterocycles. The number of nitrogens with zero attached hydrogens (tertiary/aromatic N) is 1. The molecule has 0 aliphatic carbocycles. The zero-order valence-electron chi connectivity index (χ0n) is 12.7. The molecule has 0 saturated carbocycles. The Morgan fingerprint density at radius 1 is 1.22 bits per heavy atom. The molecule has 2 aromatic carbocycles. The van der Waals surface area contributed by atoms with Crippen LogP contribution in [0.2, 0.25) is 5.02 Å². The normalized spacial score (nSPS) is 15.5. The number of aryl methyl sites for hydroxylation is 1. The van der Waals surface area contributed by atoms with Crippen molar-refractivity contribution in [3.63, 3.8) is 0 Å². The molecule has 4 nitrogen and oxygen atoms in total. The minimum Gasteiger partial charge on any atom is -0.496 e. The van der Waals surface area contributed by atoms with Crippen LogP contribution in [0.5, 0.6) is 5.75 Å². The Kier molecular flexibility index (Phi) is 4.17. The SMILES string of the molecule is COc1ccccc1/C=C1\N=C(c2ccc(C)c(Cl)c2)OC1=O. The number of benzene rings is 2. The molecule has 5 heteroatoms. The van der Waals surface area contributed by atoms with Gasteiger partial charge in [-0.15, -0.1) is 0 Å². The van der Waals surface area contributed by atoms with Crippen LogP contribution in [-0.2, 0) is 9.53 Å². The Balaban J connectivity index is 1.98. The van der Waals surface area contributed by atoms with E-state index in [1.54, 1.807) is 19.3 Å². The lowest BCUT2D eigenvalue weighted by Crippen LogP contribution is -2.05. The van der Waals surface area contributed by atoms with Gasteiger partial charge in [0.05, 0.1) is 7.11 Å². The van der Waals surface area contributed by atoms with Crippen LogP contribution in [0.15, 0.2) is 53.2 Å². The minimum atomic E-state index is -0.498. The van der Waals surface area contributed by atoms with Gasteiger partial charge in [0, 0.05) is 16.1 Å². The predicted molar refractivity (Wildman–Crippen MR) is 89.8 cm³/mol. The average molecular weight is 328 g/mol. The lowest BCUT2D eigenvalue weighted by Gasteiger charge is -2.03. The molecule has 0 unspecified atom stereocenters. The molecule has 0 spiro atoms. The van der Waals surface area contributed by atoms with Crippen LogP contribution in [0.3, 0.4) is 0 Å². The molecule has 1 aliphatic rings. The Morgan fingerprint density at radius 2 is 2.00 bits per heavy atom. The van der Waals surface area contributed by atoms with Gasteiger partial charge in [-0.1, -0.05) is 35.9 Å². The topological polar surface area (TPSA) is 47.9 Å². The minimum absolute atomic E-state index is 0.223. The van der Waals surface area contributed by atoms with Crippen LogP contribution >= 0.6 is 11.6 Å². The molecule has 23 heavy (non-hydrogen) atoms. The fourth-order valence-electron chi connectivity index (χ4n) is 2.19. The first-order chi connectivity index (χ1) is 11.1. The van der Waals surface area contributed by atoms with Crippen LogP contribution in [0, 0.1) is 6.92 Å². The average Bonchev–Trinajstić information content (AvgIpc) is 2.91. The van der Waals surface area contributed by atoms with Crippen LogP contribution in [0.25, 0.3) is 6.08 Å². The number of hydrogen-bond donors (Lipinski definition) is 0. The molecule has 0 bridgehead atoms. The first-order valence-corrected chi connectivity index (χ1v) is 7.38. The van der Waals surface area contributed by atoms with Crippen molar-refractivity contribution in [3.8, 4) is 5.75 Å². The first kappa shape index (κ1) is 15.3. The van der Waals surface area contributed by atoms with E-state index in [1.165, 1.54) is 0 Å². The van der Waals surface area contributed by atoms with E-state index in [-0.39, 0.29) is 11.6 Å². The number of hydrogen-bond acceptors (Lipinski definition) is 4. The van der Waals surface area contributed by atoms with E-state index >= 15 is 0 Å². The number of rotatable bonds is 3. The Morgan fingerprint density at radius 3 is 2.74 bits per heavy atom. The molecule has 0 atom stereocenters. The van der Waals surface area contributed by atoms with E-state index in [4.69, 9.17) is 21.1 Å². The number of carbonyl (C=O) groups excluding carboxylic acids is 1. The van der Waals surface area contributed by atoms with Crippen molar-refractivity contribution in [3.05, 3.63) is 69.9 Å². The fraction of sp³-hybridized carbons (Fsp3) is 0.111. The summed E-state index contributed by atoms with van der Waals surface area (Å²) in [6.45, 7) is 1.90. The maximum absolute atomic E-state index is 12.0. The number of para-hydroxylation sites is 1. The number of aliphatic imine (C=N–C) groups is 1. The summed E-state index contributed by atoms with van der Waals surface area (Å²) < 4.78 is 10.5. The van der Waals surface area contributed by atoms with Gasteiger partial charge < -0.3 is 9.47 Å². The molecule has 3 rings (SSSR count). The van der Waals surface area contributed by atoms with Crippen molar-refractivity contribution >= 4 is 29.5 Å². The van der Waals surface area contributed by atoms with Crippen LogP contribution in [0.4, 0.5) is 0 Å². The summed E-state index contributed by atoms with van der Waals surface area (Å²) >= 11 is 6.11.